The summed E-state index contributed by atoms with van der Waals surface area (Å²) in [5.74, 6) is 0. The van der Waals surface area contributed by atoms with Gasteiger partial charge in [0.1, 0.15) is 3.70 Å². The van der Waals surface area contributed by atoms with Crippen molar-refractivity contribution in [3.63, 3.8) is 0 Å². The van der Waals surface area contributed by atoms with E-state index in [2.05, 4.69) is 46.6 Å². The van der Waals surface area contributed by atoms with Crippen LogP contribution in [0.3, 0.4) is 0 Å². The Kier molecular flexibility index (Phi) is 2.23. The molecular weight excluding hydrogens is 239 g/mol. The molecule has 0 atom stereocenters. The van der Waals surface area contributed by atoms with Crippen molar-refractivity contribution in [2.45, 2.75) is 20.8 Å². The van der Waals surface area contributed by atoms with Crippen LogP contribution in [0.5, 0.6) is 0 Å². The fourth-order valence-electron chi connectivity index (χ4n) is 0.695. The van der Waals surface area contributed by atoms with Crippen LogP contribution in [0.1, 0.15) is 16.8 Å². The quantitative estimate of drug-likeness (QED) is 0.656. The lowest BCUT2D eigenvalue weighted by molar-refractivity contribution is 0.920. The Labute approximate surface area is 74.2 Å². The van der Waals surface area contributed by atoms with Gasteiger partial charge >= 0.3 is 0 Å². The lowest BCUT2D eigenvalue weighted by Crippen LogP contribution is -1.97. The van der Waals surface area contributed by atoms with Gasteiger partial charge in [0.2, 0.25) is 0 Å². The van der Waals surface area contributed by atoms with E-state index in [1.807, 2.05) is 6.92 Å². The van der Waals surface area contributed by atoms with Crippen molar-refractivity contribution in [1.82, 2.24) is 10.2 Å². The van der Waals surface area contributed by atoms with Gasteiger partial charge in [0.05, 0.1) is 5.69 Å². The van der Waals surface area contributed by atoms with Crippen LogP contribution in [-0.2, 0) is 0 Å². The molecule has 0 aliphatic rings. The minimum Gasteiger partial charge on any atom is -0.155 e. The van der Waals surface area contributed by atoms with Gasteiger partial charge in [-0.1, -0.05) is 0 Å². The molecule has 0 N–H and O–H groups in total. The minimum absolute atomic E-state index is 1.00. The van der Waals surface area contributed by atoms with Crippen LogP contribution in [0.4, 0.5) is 0 Å². The van der Waals surface area contributed by atoms with E-state index < -0.39 is 0 Å². The molecule has 0 amide bonds. The van der Waals surface area contributed by atoms with Gasteiger partial charge in [-0.05, 0) is 54.5 Å². The Bertz CT molecular complexity index is 231. The van der Waals surface area contributed by atoms with E-state index in [0.29, 0.717) is 0 Å². The average molecular weight is 248 g/mol. The molecule has 0 saturated heterocycles. The van der Waals surface area contributed by atoms with E-state index in [0.717, 1.165) is 9.39 Å². The zero-order valence-corrected chi connectivity index (χ0v) is 8.43. The molecule has 0 saturated carbocycles. The third-order valence-electron chi connectivity index (χ3n) is 1.70. The van der Waals surface area contributed by atoms with Crippen LogP contribution in [0.2, 0.25) is 0 Å². The normalized spacial score (nSPS) is 10.0. The first kappa shape index (κ1) is 7.91. The number of aryl methyl sites for hydroxylation is 1. The molecule has 1 aromatic heterocycles. The van der Waals surface area contributed by atoms with Crippen LogP contribution in [0.15, 0.2) is 0 Å². The third-order valence-corrected chi connectivity index (χ3v) is 2.73. The van der Waals surface area contributed by atoms with Crippen molar-refractivity contribution in [3.05, 3.63) is 20.5 Å². The van der Waals surface area contributed by atoms with Crippen LogP contribution >= 0.6 is 22.6 Å². The van der Waals surface area contributed by atoms with Crippen molar-refractivity contribution < 1.29 is 0 Å². The second-order valence-electron chi connectivity index (χ2n) is 2.33. The van der Waals surface area contributed by atoms with E-state index >= 15 is 0 Å². The molecule has 3 heteroatoms. The molecule has 0 bridgehead atoms. The SMILES string of the molecule is Cc1nnc(I)c(C)c1C. The third kappa shape index (κ3) is 1.28. The van der Waals surface area contributed by atoms with E-state index in [9.17, 15) is 0 Å². The molecule has 10 heavy (non-hydrogen) atoms. The van der Waals surface area contributed by atoms with Crippen LogP contribution in [-0.4, -0.2) is 10.2 Å². The van der Waals surface area contributed by atoms with Gasteiger partial charge in [-0.2, -0.15) is 5.10 Å². The van der Waals surface area contributed by atoms with Crippen molar-refractivity contribution in [2.75, 3.05) is 0 Å². The number of hydrogen-bond acceptors (Lipinski definition) is 2. The monoisotopic (exact) mass is 248 g/mol. The zero-order chi connectivity index (χ0) is 7.72. The predicted octanol–water partition coefficient (Wildman–Crippen LogP) is 2.01. The van der Waals surface area contributed by atoms with Gasteiger partial charge in [-0.15, -0.1) is 5.10 Å². The van der Waals surface area contributed by atoms with Crippen molar-refractivity contribution in [2.24, 2.45) is 0 Å². The summed E-state index contributed by atoms with van der Waals surface area (Å²) in [4.78, 5) is 0. The lowest BCUT2D eigenvalue weighted by Gasteiger charge is -2.02. The first-order chi connectivity index (χ1) is 4.63. The fourth-order valence-corrected chi connectivity index (χ4v) is 1.21. The van der Waals surface area contributed by atoms with Crippen molar-refractivity contribution >= 4 is 22.6 Å². The van der Waals surface area contributed by atoms with Crippen LogP contribution < -0.4 is 0 Å². The molecule has 0 spiro atoms. The Morgan fingerprint density at radius 3 is 2.10 bits per heavy atom. The van der Waals surface area contributed by atoms with Gasteiger partial charge in [0, 0.05) is 0 Å². The highest BCUT2D eigenvalue weighted by Crippen LogP contribution is 2.13. The molecule has 0 aliphatic heterocycles. The molecule has 0 unspecified atom stereocenters. The zero-order valence-electron chi connectivity index (χ0n) is 6.27. The smallest absolute Gasteiger partial charge is 0.127 e. The molecule has 54 valence electrons. The second kappa shape index (κ2) is 2.82. The standard InChI is InChI=1S/C7H9IN2/c1-4-5(2)7(8)10-9-6(4)3/h1-3H3. The maximum Gasteiger partial charge on any atom is 0.127 e. The molecule has 0 radical (unpaired) electrons. The summed E-state index contributed by atoms with van der Waals surface area (Å²) in [7, 11) is 0. The lowest BCUT2D eigenvalue weighted by atomic mass is 10.1. The second-order valence-corrected chi connectivity index (χ2v) is 3.35. The van der Waals surface area contributed by atoms with E-state index in [1.165, 1.54) is 11.1 Å². The summed E-state index contributed by atoms with van der Waals surface area (Å²) >= 11 is 2.19. The maximum atomic E-state index is 3.98. The summed E-state index contributed by atoms with van der Waals surface area (Å²) in [6.07, 6.45) is 0. The van der Waals surface area contributed by atoms with Gasteiger partial charge in [-0.25, -0.2) is 0 Å². The van der Waals surface area contributed by atoms with E-state index in [4.69, 9.17) is 0 Å². The first-order valence-corrected chi connectivity index (χ1v) is 4.16. The number of halogens is 1. The Morgan fingerprint density at radius 2 is 1.60 bits per heavy atom. The number of nitrogens with zero attached hydrogens (tertiary/aromatic N) is 2. The molecule has 2 nitrogen and oxygen atoms in total. The fraction of sp³-hybridized carbons (Fsp3) is 0.429. The number of hydrogen-bond donors (Lipinski definition) is 0. The molecule has 1 rings (SSSR count). The van der Waals surface area contributed by atoms with Crippen LogP contribution in [0.25, 0.3) is 0 Å². The summed E-state index contributed by atoms with van der Waals surface area (Å²) in [6.45, 7) is 6.12. The van der Waals surface area contributed by atoms with Crippen LogP contribution in [0, 0.1) is 24.5 Å². The summed E-state index contributed by atoms with van der Waals surface area (Å²) < 4.78 is 1.00. The summed E-state index contributed by atoms with van der Waals surface area (Å²) in [5, 5.41) is 7.96. The van der Waals surface area contributed by atoms with Gasteiger partial charge in [0.15, 0.2) is 0 Å². The van der Waals surface area contributed by atoms with Gasteiger partial charge in [0.25, 0.3) is 0 Å². The molecule has 1 heterocycles. The maximum absolute atomic E-state index is 3.98. The highest BCUT2D eigenvalue weighted by molar-refractivity contribution is 14.1. The minimum atomic E-state index is 1.00. The van der Waals surface area contributed by atoms with Gasteiger partial charge in [-0.3, -0.25) is 0 Å². The van der Waals surface area contributed by atoms with E-state index in [-0.39, 0.29) is 0 Å². The van der Waals surface area contributed by atoms with E-state index in [1.54, 1.807) is 0 Å². The Morgan fingerprint density at radius 1 is 1.00 bits per heavy atom. The Hall–Kier alpha value is -0.190. The highest BCUT2D eigenvalue weighted by atomic mass is 127. The molecule has 1 aromatic rings. The Balaban J connectivity index is 3.34. The molecular formula is C7H9IN2. The average Bonchev–Trinajstić information content (AvgIpc) is 1.93. The van der Waals surface area contributed by atoms with Gasteiger partial charge < -0.3 is 0 Å². The van der Waals surface area contributed by atoms with Crippen molar-refractivity contribution in [3.8, 4) is 0 Å². The number of aromatic nitrogens is 2. The summed E-state index contributed by atoms with van der Waals surface area (Å²) in [6, 6.07) is 0. The van der Waals surface area contributed by atoms with Crippen molar-refractivity contribution in [1.29, 1.82) is 0 Å². The largest absolute Gasteiger partial charge is 0.155 e. The first-order valence-electron chi connectivity index (χ1n) is 3.09. The topological polar surface area (TPSA) is 25.8 Å². The molecule has 0 aromatic carbocycles. The number of rotatable bonds is 0. The molecule has 0 aliphatic carbocycles. The predicted molar refractivity (Wildman–Crippen MR) is 49.0 cm³/mol. The molecule has 0 fully saturated rings. The highest BCUT2D eigenvalue weighted by Gasteiger charge is 2.02. The summed E-state index contributed by atoms with van der Waals surface area (Å²) in [5.41, 5.74) is 3.52.